The van der Waals surface area contributed by atoms with Crippen LogP contribution in [0.1, 0.15) is 43.9 Å². The number of aryl methyl sites for hydroxylation is 1. The first-order chi connectivity index (χ1) is 14.0. The van der Waals surface area contributed by atoms with E-state index in [0.29, 0.717) is 23.4 Å². The zero-order valence-corrected chi connectivity index (χ0v) is 17.0. The number of urea groups is 1. The number of hydrogen-bond donors (Lipinski definition) is 2. The number of benzene rings is 2. The minimum Gasteiger partial charge on any atom is -0.463 e. The number of esters is 1. The Morgan fingerprint density at radius 3 is 2.21 bits per heavy atom. The van der Waals surface area contributed by atoms with Crippen molar-refractivity contribution in [1.29, 1.82) is 0 Å². The van der Waals surface area contributed by atoms with Gasteiger partial charge in [-0.3, -0.25) is 0 Å². The smallest absolute Gasteiger partial charge is 0.338 e. The highest BCUT2D eigenvalue weighted by molar-refractivity contribution is 5.95. The van der Waals surface area contributed by atoms with Crippen molar-refractivity contribution in [3.8, 4) is 11.5 Å². The summed E-state index contributed by atoms with van der Waals surface area (Å²) >= 11 is 0. The molecule has 2 aromatic rings. The Labute approximate surface area is 170 Å². The molecule has 1 atom stereocenters. The predicted octanol–water partition coefficient (Wildman–Crippen LogP) is 4.76. The molecule has 29 heavy (non-hydrogen) atoms. The molecule has 0 fully saturated rings. The van der Waals surface area contributed by atoms with Gasteiger partial charge in [0.1, 0.15) is 11.5 Å². The van der Waals surface area contributed by atoms with E-state index >= 15 is 0 Å². The normalized spacial score (nSPS) is 16.1. The molecule has 0 saturated carbocycles. The maximum Gasteiger partial charge on any atom is 0.338 e. The largest absolute Gasteiger partial charge is 0.463 e. The zero-order chi connectivity index (χ0) is 20.8. The first-order valence-corrected chi connectivity index (χ1v) is 9.84. The van der Waals surface area contributed by atoms with Crippen molar-refractivity contribution in [3.05, 3.63) is 70.9 Å². The van der Waals surface area contributed by atoms with Crippen molar-refractivity contribution < 1.29 is 19.1 Å². The lowest BCUT2D eigenvalue weighted by Gasteiger charge is -2.29. The van der Waals surface area contributed by atoms with Crippen LogP contribution < -0.4 is 15.4 Å². The maximum absolute atomic E-state index is 12.6. The summed E-state index contributed by atoms with van der Waals surface area (Å²) in [5.74, 6) is 0.998. The first kappa shape index (κ1) is 20.5. The van der Waals surface area contributed by atoms with Crippen molar-refractivity contribution in [1.82, 2.24) is 10.6 Å². The SMILES string of the molecule is CCCC1=C(C(=O)OCC)C(c2ccc(Oc3ccc(C)cc3)cc2)NC(=O)N1. The summed E-state index contributed by atoms with van der Waals surface area (Å²) in [6.07, 6.45) is 1.39. The molecule has 1 heterocycles. The van der Waals surface area contributed by atoms with Crippen LogP contribution in [-0.4, -0.2) is 18.6 Å². The van der Waals surface area contributed by atoms with Gasteiger partial charge in [-0.15, -0.1) is 0 Å². The van der Waals surface area contributed by atoms with Gasteiger partial charge in [-0.2, -0.15) is 0 Å². The maximum atomic E-state index is 12.6. The fourth-order valence-electron chi connectivity index (χ4n) is 3.24. The molecule has 2 amide bonds. The van der Waals surface area contributed by atoms with Crippen molar-refractivity contribution in [2.75, 3.05) is 6.61 Å². The van der Waals surface area contributed by atoms with E-state index in [-0.39, 0.29) is 12.6 Å². The summed E-state index contributed by atoms with van der Waals surface area (Å²) in [6.45, 7) is 6.05. The molecular formula is C23H26N2O4. The van der Waals surface area contributed by atoms with Crippen LogP contribution >= 0.6 is 0 Å². The highest BCUT2D eigenvalue weighted by Gasteiger charge is 2.33. The van der Waals surface area contributed by atoms with E-state index in [4.69, 9.17) is 9.47 Å². The number of amides is 2. The summed E-state index contributed by atoms with van der Waals surface area (Å²) in [4.78, 5) is 24.8. The molecule has 6 heteroatoms. The Kier molecular flexibility index (Phi) is 6.54. The van der Waals surface area contributed by atoms with E-state index in [1.807, 2.05) is 62.4 Å². The minimum absolute atomic E-state index is 0.270. The van der Waals surface area contributed by atoms with E-state index in [0.717, 1.165) is 23.3 Å². The number of ether oxygens (including phenoxy) is 2. The van der Waals surface area contributed by atoms with Crippen LogP contribution in [0.3, 0.4) is 0 Å². The number of nitrogens with one attached hydrogen (secondary N) is 2. The molecule has 2 N–H and O–H groups in total. The minimum atomic E-state index is -0.572. The first-order valence-electron chi connectivity index (χ1n) is 9.84. The average molecular weight is 394 g/mol. The fourth-order valence-corrected chi connectivity index (χ4v) is 3.24. The van der Waals surface area contributed by atoms with Gasteiger partial charge < -0.3 is 20.1 Å². The molecule has 0 aliphatic carbocycles. The van der Waals surface area contributed by atoms with Gasteiger partial charge in [0.15, 0.2) is 0 Å². The number of rotatable bonds is 7. The van der Waals surface area contributed by atoms with Crippen molar-refractivity contribution in [3.63, 3.8) is 0 Å². The lowest BCUT2D eigenvalue weighted by molar-refractivity contribution is -0.139. The summed E-state index contributed by atoms with van der Waals surface area (Å²) in [5, 5.41) is 5.60. The van der Waals surface area contributed by atoms with Gasteiger partial charge in [0, 0.05) is 5.70 Å². The lowest BCUT2D eigenvalue weighted by Crippen LogP contribution is -2.46. The molecule has 1 aliphatic heterocycles. The van der Waals surface area contributed by atoms with Gasteiger partial charge in [0.25, 0.3) is 0 Å². The molecule has 6 nitrogen and oxygen atoms in total. The number of carbonyl (C=O) groups excluding carboxylic acids is 2. The molecule has 0 saturated heterocycles. The van der Waals surface area contributed by atoms with E-state index in [9.17, 15) is 9.59 Å². The number of carbonyl (C=O) groups is 2. The van der Waals surface area contributed by atoms with Crippen LogP contribution in [0.5, 0.6) is 11.5 Å². The second-order valence-corrected chi connectivity index (χ2v) is 6.88. The van der Waals surface area contributed by atoms with Gasteiger partial charge in [0.05, 0.1) is 18.2 Å². The lowest BCUT2D eigenvalue weighted by atomic mass is 9.94. The highest BCUT2D eigenvalue weighted by atomic mass is 16.5. The summed E-state index contributed by atoms with van der Waals surface area (Å²) in [6, 6.07) is 14.2. The van der Waals surface area contributed by atoms with E-state index in [2.05, 4.69) is 10.6 Å². The van der Waals surface area contributed by atoms with Crippen LogP contribution in [0, 0.1) is 6.92 Å². The Morgan fingerprint density at radius 2 is 1.62 bits per heavy atom. The van der Waals surface area contributed by atoms with Crippen LogP contribution in [0.15, 0.2) is 59.8 Å². The molecule has 0 aromatic heterocycles. The zero-order valence-electron chi connectivity index (χ0n) is 17.0. The summed E-state index contributed by atoms with van der Waals surface area (Å²) < 4.78 is 11.1. The topological polar surface area (TPSA) is 76.7 Å². The van der Waals surface area contributed by atoms with E-state index in [1.165, 1.54) is 0 Å². The molecule has 1 unspecified atom stereocenters. The Bertz CT molecular complexity index is 901. The van der Waals surface area contributed by atoms with Crippen LogP contribution in [0.2, 0.25) is 0 Å². The van der Waals surface area contributed by atoms with Crippen LogP contribution in [-0.2, 0) is 9.53 Å². The standard InChI is InChI=1S/C23H26N2O4/c1-4-6-19-20(22(26)28-5-2)21(25-23(27)24-19)16-9-13-18(14-10-16)29-17-11-7-15(3)8-12-17/h7-14,21H,4-6H2,1-3H3,(H2,24,25,27). The van der Waals surface area contributed by atoms with Crippen molar-refractivity contribution >= 4 is 12.0 Å². The van der Waals surface area contributed by atoms with Crippen molar-refractivity contribution in [2.24, 2.45) is 0 Å². The second kappa shape index (κ2) is 9.28. The summed E-state index contributed by atoms with van der Waals surface area (Å²) in [5.41, 5.74) is 3.00. The molecule has 0 bridgehead atoms. The summed E-state index contributed by atoms with van der Waals surface area (Å²) in [7, 11) is 0. The fraction of sp³-hybridized carbons (Fsp3) is 0.304. The molecule has 152 valence electrons. The molecule has 0 spiro atoms. The quantitative estimate of drug-likeness (QED) is 0.664. The molecule has 1 aliphatic rings. The van der Waals surface area contributed by atoms with E-state index in [1.54, 1.807) is 6.92 Å². The third-order valence-electron chi connectivity index (χ3n) is 4.62. The van der Waals surface area contributed by atoms with Crippen molar-refractivity contribution in [2.45, 2.75) is 39.7 Å². The van der Waals surface area contributed by atoms with Crippen LogP contribution in [0.4, 0.5) is 4.79 Å². The molecule has 2 aromatic carbocycles. The monoisotopic (exact) mass is 394 g/mol. The Morgan fingerprint density at radius 1 is 1.00 bits per heavy atom. The van der Waals surface area contributed by atoms with E-state index < -0.39 is 12.0 Å². The van der Waals surface area contributed by atoms with Gasteiger partial charge in [-0.05, 0) is 50.1 Å². The second-order valence-electron chi connectivity index (χ2n) is 6.88. The molecule has 3 rings (SSSR count). The predicted molar refractivity (Wildman–Crippen MR) is 111 cm³/mol. The number of allylic oxidation sites excluding steroid dienone is 1. The Balaban J connectivity index is 1.87. The highest BCUT2D eigenvalue weighted by Crippen LogP contribution is 2.31. The third kappa shape index (κ3) is 4.96. The van der Waals surface area contributed by atoms with Gasteiger partial charge in [0.2, 0.25) is 0 Å². The van der Waals surface area contributed by atoms with Gasteiger partial charge >= 0.3 is 12.0 Å². The molecule has 0 radical (unpaired) electrons. The Hall–Kier alpha value is -3.28. The number of hydrogen-bond acceptors (Lipinski definition) is 4. The average Bonchev–Trinajstić information content (AvgIpc) is 2.70. The van der Waals surface area contributed by atoms with Gasteiger partial charge in [-0.1, -0.05) is 43.2 Å². The van der Waals surface area contributed by atoms with Crippen LogP contribution in [0.25, 0.3) is 0 Å². The molecular weight excluding hydrogens is 368 g/mol. The van der Waals surface area contributed by atoms with Gasteiger partial charge in [-0.25, -0.2) is 9.59 Å². The third-order valence-corrected chi connectivity index (χ3v) is 4.62.